The van der Waals surface area contributed by atoms with E-state index in [1.54, 1.807) is 12.1 Å². The van der Waals surface area contributed by atoms with Gasteiger partial charge in [-0.2, -0.15) is 0 Å². The summed E-state index contributed by atoms with van der Waals surface area (Å²) in [6, 6.07) is 9.05. The predicted octanol–water partition coefficient (Wildman–Crippen LogP) is 1.07. The molecule has 0 aromatic heterocycles. The Morgan fingerprint density at radius 2 is 1.94 bits per heavy atom. The van der Waals surface area contributed by atoms with Crippen molar-refractivity contribution in [1.82, 2.24) is 5.32 Å². The van der Waals surface area contributed by atoms with Gasteiger partial charge < -0.3 is 11.1 Å². The van der Waals surface area contributed by atoms with Crippen LogP contribution in [0.15, 0.2) is 30.3 Å². The number of Topliss-reactive ketones (excluding diaryl/α,β-unsaturated/α-hetero) is 1. The molecule has 0 fully saturated rings. The minimum absolute atomic E-state index is 0.0251. The fraction of sp³-hybridized carbons (Fsp3) is 0.385. The Bertz CT molecular complexity index is 395. The van der Waals surface area contributed by atoms with Gasteiger partial charge in [-0.1, -0.05) is 30.3 Å². The highest BCUT2D eigenvalue weighted by Gasteiger charge is 2.08. The number of carbonyl (C=O) groups excluding carboxylic acids is 2. The van der Waals surface area contributed by atoms with Crippen molar-refractivity contribution in [1.29, 1.82) is 0 Å². The molecule has 0 saturated heterocycles. The summed E-state index contributed by atoms with van der Waals surface area (Å²) in [5.74, 6) is 0.552. The maximum atomic E-state index is 11.7. The van der Waals surface area contributed by atoms with Crippen molar-refractivity contribution < 1.29 is 9.59 Å². The topological polar surface area (TPSA) is 72.2 Å². The quantitative estimate of drug-likeness (QED) is 0.724. The monoisotopic (exact) mass is 266 g/mol. The molecule has 0 bridgehead atoms. The van der Waals surface area contributed by atoms with E-state index in [0.29, 0.717) is 17.9 Å². The molecule has 0 unspecified atom stereocenters. The summed E-state index contributed by atoms with van der Waals surface area (Å²) >= 11 is 1.31. The highest BCUT2D eigenvalue weighted by Crippen LogP contribution is 2.07. The molecule has 0 spiro atoms. The van der Waals surface area contributed by atoms with Crippen LogP contribution in [-0.4, -0.2) is 35.8 Å². The molecular formula is C13H18N2O2S. The molecule has 0 aliphatic rings. The van der Waals surface area contributed by atoms with Gasteiger partial charge in [0.05, 0.1) is 11.5 Å². The first-order valence-corrected chi connectivity index (χ1v) is 6.94. The summed E-state index contributed by atoms with van der Waals surface area (Å²) in [7, 11) is 0. The number of hydrogen-bond donors (Lipinski definition) is 2. The average Bonchev–Trinajstić information content (AvgIpc) is 2.39. The molecule has 0 saturated carbocycles. The molecule has 0 aliphatic heterocycles. The summed E-state index contributed by atoms with van der Waals surface area (Å²) < 4.78 is 0. The zero-order valence-corrected chi connectivity index (χ0v) is 11.2. The third-order valence-electron chi connectivity index (χ3n) is 2.32. The molecule has 5 heteroatoms. The normalized spacial score (nSPS) is 11.9. The highest BCUT2D eigenvalue weighted by molar-refractivity contribution is 8.00. The lowest BCUT2D eigenvalue weighted by Gasteiger charge is -2.10. The second-order valence-corrected chi connectivity index (χ2v) is 4.97. The molecule has 3 N–H and O–H groups in total. The lowest BCUT2D eigenvalue weighted by atomic mass is 10.2. The van der Waals surface area contributed by atoms with E-state index in [0.717, 1.165) is 0 Å². The SMILES string of the molecule is C[C@@H](CN)NC(=O)CSCC(=O)c1ccccc1. The molecule has 18 heavy (non-hydrogen) atoms. The van der Waals surface area contributed by atoms with E-state index < -0.39 is 0 Å². The van der Waals surface area contributed by atoms with Crippen LogP contribution in [0.5, 0.6) is 0 Å². The predicted molar refractivity (Wildman–Crippen MR) is 74.8 cm³/mol. The summed E-state index contributed by atoms with van der Waals surface area (Å²) in [5, 5.41) is 2.75. The maximum absolute atomic E-state index is 11.7. The lowest BCUT2D eigenvalue weighted by Crippen LogP contribution is -2.38. The van der Waals surface area contributed by atoms with Gasteiger partial charge in [0.2, 0.25) is 5.91 Å². The molecule has 1 amide bonds. The summed E-state index contributed by atoms with van der Waals surface area (Å²) in [6.45, 7) is 2.26. The third-order valence-corrected chi connectivity index (χ3v) is 3.26. The van der Waals surface area contributed by atoms with E-state index in [1.807, 2.05) is 25.1 Å². The maximum Gasteiger partial charge on any atom is 0.230 e. The van der Waals surface area contributed by atoms with Gasteiger partial charge in [-0.3, -0.25) is 9.59 Å². The van der Waals surface area contributed by atoms with Crippen molar-refractivity contribution >= 4 is 23.5 Å². The molecule has 1 rings (SSSR count). The first kappa shape index (κ1) is 14.7. The first-order chi connectivity index (χ1) is 8.63. The highest BCUT2D eigenvalue weighted by atomic mass is 32.2. The largest absolute Gasteiger partial charge is 0.352 e. The van der Waals surface area contributed by atoms with Crippen LogP contribution in [0.2, 0.25) is 0 Å². The molecule has 0 heterocycles. The van der Waals surface area contributed by atoms with Gasteiger partial charge in [-0.15, -0.1) is 11.8 Å². The van der Waals surface area contributed by atoms with E-state index in [9.17, 15) is 9.59 Å². The van der Waals surface area contributed by atoms with Crippen LogP contribution in [0.1, 0.15) is 17.3 Å². The van der Waals surface area contributed by atoms with Crippen LogP contribution < -0.4 is 11.1 Å². The molecule has 1 atom stereocenters. The number of benzene rings is 1. The molecular weight excluding hydrogens is 248 g/mol. The van der Waals surface area contributed by atoms with Gasteiger partial charge in [0, 0.05) is 18.2 Å². The summed E-state index contributed by atoms with van der Waals surface area (Å²) in [4.78, 5) is 23.2. The Balaban J connectivity index is 2.26. The van der Waals surface area contributed by atoms with Crippen molar-refractivity contribution in [2.24, 2.45) is 5.73 Å². The number of amides is 1. The van der Waals surface area contributed by atoms with E-state index >= 15 is 0 Å². The number of thioether (sulfide) groups is 1. The third kappa shape index (κ3) is 5.33. The number of hydrogen-bond acceptors (Lipinski definition) is 4. The molecule has 1 aromatic carbocycles. The first-order valence-electron chi connectivity index (χ1n) is 5.79. The van der Waals surface area contributed by atoms with Crippen molar-refractivity contribution in [3.63, 3.8) is 0 Å². The van der Waals surface area contributed by atoms with Crippen molar-refractivity contribution in [3.8, 4) is 0 Å². The van der Waals surface area contributed by atoms with Gasteiger partial charge in [0.1, 0.15) is 0 Å². The zero-order valence-electron chi connectivity index (χ0n) is 10.4. The lowest BCUT2D eigenvalue weighted by molar-refractivity contribution is -0.119. The van der Waals surface area contributed by atoms with Crippen LogP contribution in [0.3, 0.4) is 0 Å². The zero-order chi connectivity index (χ0) is 13.4. The average molecular weight is 266 g/mol. The standard InChI is InChI=1S/C13H18N2O2S/c1-10(7-14)15-13(17)9-18-8-12(16)11-5-3-2-4-6-11/h2-6,10H,7-9,14H2,1H3,(H,15,17)/t10-/m0/s1. The van der Waals surface area contributed by atoms with Crippen LogP contribution in [-0.2, 0) is 4.79 Å². The molecule has 0 aliphatic carbocycles. The van der Waals surface area contributed by atoms with Crippen LogP contribution in [0.25, 0.3) is 0 Å². The van der Waals surface area contributed by atoms with Gasteiger partial charge in [0.15, 0.2) is 5.78 Å². The number of nitrogens with one attached hydrogen (secondary N) is 1. The van der Waals surface area contributed by atoms with Crippen LogP contribution in [0, 0.1) is 0 Å². The van der Waals surface area contributed by atoms with Crippen molar-refractivity contribution in [3.05, 3.63) is 35.9 Å². The second kappa shape index (κ2) is 7.89. The number of rotatable bonds is 7. The van der Waals surface area contributed by atoms with Gasteiger partial charge >= 0.3 is 0 Å². The van der Waals surface area contributed by atoms with E-state index in [-0.39, 0.29) is 23.5 Å². The summed E-state index contributed by atoms with van der Waals surface area (Å²) in [6.07, 6.45) is 0. The molecule has 0 radical (unpaired) electrons. The van der Waals surface area contributed by atoms with Gasteiger partial charge in [0.25, 0.3) is 0 Å². The Labute approximate surface area is 111 Å². The number of ketones is 1. The minimum Gasteiger partial charge on any atom is -0.352 e. The second-order valence-electron chi connectivity index (χ2n) is 3.99. The molecule has 98 valence electrons. The minimum atomic E-state index is -0.0844. The number of nitrogens with two attached hydrogens (primary N) is 1. The molecule has 4 nitrogen and oxygen atoms in total. The van der Waals surface area contributed by atoms with E-state index in [2.05, 4.69) is 5.32 Å². The number of carbonyl (C=O) groups is 2. The Hall–Kier alpha value is -1.33. The fourth-order valence-electron chi connectivity index (χ4n) is 1.32. The van der Waals surface area contributed by atoms with E-state index in [4.69, 9.17) is 5.73 Å². The summed E-state index contributed by atoms with van der Waals surface area (Å²) in [5.41, 5.74) is 6.08. The van der Waals surface area contributed by atoms with Crippen LogP contribution in [0.4, 0.5) is 0 Å². The van der Waals surface area contributed by atoms with Crippen LogP contribution >= 0.6 is 11.8 Å². The van der Waals surface area contributed by atoms with Crippen molar-refractivity contribution in [2.75, 3.05) is 18.1 Å². The van der Waals surface area contributed by atoms with Crippen molar-refractivity contribution in [2.45, 2.75) is 13.0 Å². The fourth-order valence-corrected chi connectivity index (χ4v) is 2.04. The van der Waals surface area contributed by atoms with Gasteiger partial charge in [-0.25, -0.2) is 0 Å². The Morgan fingerprint density at radius 1 is 1.28 bits per heavy atom. The smallest absolute Gasteiger partial charge is 0.230 e. The Kier molecular flexibility index (Phi) is 6.46. The Morgan fingerprint density at radius 3 is 2.56 bits per heavy atom. The van der Waals surface area contributed by atoms with Gasteiger partial charge in [-0.05, 0) is 6.92 Å². The van der Waals surface area contributed by atoms with E-state index in [1.165, 1.54) is 11.8 Å². The molecule has 1 aromatic rings.